The van der Waals surface area contributed by atoms with Gasteiger partial charge in [0.15, 0.2) is 0 Å². The van der Waals surface area contributed by atoms with E-state index in [9.17, 15) is 18.2 Å². The molecule has 0 saturated heterocycles. The molecule has 1 fully saturated rings. The van der Waals surface area contributed by atoms with Crippen LogP contribution in [0.5, 0.6) is 11.6 Å². The summed E-state index contributed by atoms with van der Waals surface area (Å²) in [6, 6.07) is 19.2. The zero-order valence-corrected chi connectivity index (χ0v) is 19.9. The quantitative estimate of drug-likeness (QED) is 0.335. The van der Waals surface area contributed by atoms with E-state index in [0.29, 0.717) is 24.0 Å². The number of hydrogen-bond acceptors (Lipinski definition) is 6. The molecule has 3 aromatic rings. The number of pyridine rings is 1. The van der Waals surface area contributed by atoms with E-state index in [1.54, 1.807) is 24.4 Å². The van der Waals surface area contributed by atoms with E-state index in [4.69, 9.17) is 4.74 Å². The van der Waals surface area contributed by atoms with Crippen molar-refractivity contribution in [3.05, 3.63) is 84.6 Å². The number of sulfonamides is 1. The SMILES string of the molecule is O=C(N[C@H]([B]O)CC1CC1)[C@H](Cc1ccccc1)NS(=O)(=O)c1ccc(Oc2ccccn2)cc1. The monoisotopic (exact) mass is 492 g/mol. The third-order valence-electron chi connectivity index (χ3n) is 5.68. The minimum Gasteiger partial charge on any atom is -0.452 e. The van der Waals surface area contributed by atoms with E-state index in [2.05, 4.69) is 15.0 Å². The summed E-state index contributed by atoms with van der Waals surface area (Å²) >= 11 is 0. The van der Waals surface area contributed by atoms with Crippen LogP contribution < -0.4 is 14.8 Å². The first-order chi connectivity index (χ1) is 16.9. The summed E-state index contributed by atoms with van der Waals surface area (Å²) in [6.07, 6.45) is 4.53. The fourth-order valence-electron chi connectivity index (χ4n) is 3.66. The molecule has 1 radical (unpaired) electrons. The second-order valence-corrected chi connectivity index (χ2v) is 10.3. The van der Waals surface area contributed by atoms with Crippen LogP contribution in [-0.4, -0.2) is 43.8 Å². The van der Waals surface area contributed by atoms with Crippen molar-refractivity contribution < 1.29 is 23.0 Å². The van der Waals surface area contributed by atoms with Crippen LogP contribution in [0.3, 0.4) is 0 Å². The normalized spacial score (nSPS) is 15.1. The number of hydrogen-bond donors (Lipinski definition) is 3. The van der Waals surface area contributed by atoms with E-state index in [1.807, 2.05) is 30.3 Å². The fraction of sp³-hybridized carbons (Fsp3) is 0.280. The lowest BCUT2D eigenvalue weighted by Crippen LogP contribution is -2.52. The average Bonchev–Trinajstić information content (AvgIpc) is 3.69. The minimum absolute atomic E-state index is 0.0000151. The summed E-state index contributed by atoms with van der Waals surface area (Å²) in [7, 11) is -3.06. The van der Waals surface area contributed by atoms with Crippen LogP contribution in [0.4, 0.5) is 0 Å². The van der Waals surface area contributed by atoms with Crippen molar-refractivity contribution in [1.29, 1.82) is 0 Å². The van der Waals surface area contributed by atoms with Gasteiger partial charge in [-0.1, -0.05) is 49.2 Å². The predicted octanol–water partition coefficient (Wildman–Crippen LogP) is 2.62. The lowest BCUT2D eigenvalue weighted by Gasteiger charge is -2.22. The Kier molecular flexibility index (Phi) is 8.17. The molecule has 0 spiro atoms. The van der Waals surface area contributed by atoms with Crippen molar-refractivity contribution in [3.63, 3.8) is 0 Å². The lowest BCUT2D eigenvalue weighted by molar-refractivity contribution is -0.123. The van der Waals surface area contributed by atoms with Gasteiger partial charge >= 0.3 is 7.48 Å². The van der Waals surface area contributed by atoms with Gasteiger partial charge in [0.05, 0.1) is 4.90 Å². The molecule has 8 nitrogen and oxygen atoms in total. The molecule has 1 aliphatic rings. The van der Waals surface area contributed by atoms with Crippen LogP contribution in [0.25, 0.3) is 0 Å². The first-order valence-corrected chi connectivity index (χ1v) is 12.9. The summed E-state index contributed by atoms with van der Waals surface area (Å²) in [5.41, 5.74) is 0.807. The van der Waals surface area contributed by atoms with E-state index >= 15 is 0 Å². The molecule has 1 amide bonds. The van der Waals surface area contributed by atoms with Gasteiger partial charge in [-0.25, -0.2) is 13.4 Å². The molecule has 1 saturated carbocycles. The van der Waals surface area contributed by atoms with Crippen LogP contribution >= 0.6 is 0 Å². The van der Waals surface area contributed by atoms with Crippen LogP contribution in [0, 0.1) is 5.92 Å². The van der Waals surface area contributed by atoms with Crippen molar-refractivity contribution in [3.8, 4) is 11.6 Å². The molecule has 10 heteroatoms. The summed E-state index contributed by atoms with van der Waals surface area (Å²) in [5, 5.41) is 12.3. The van der Waals surface area contributed by atoms with Crippen LogP contribution in [0.2, 0.25) is 0 Å². The molecular formula is C25H27BN3O5S. The van der Waals surface area contributed by atoms with Gasteiger partial charge in [0.25, 0.3) is 0 Å². The minimum atomic E-state index is -4.02. The molecule has 1 heterocycles. The second kappa shape index (κ2) is 11.5. The molecule has 2 atom stereocenters. The number of nitrogens with one attached hydrogen (secondary N) is 2. The van der Waals surface area contributed by atoms with Gasteiger partial charge in [0.1, 0.15) is 11.8 Å². The highest BCUT2D eigenvalue weighted by atomic mass is 32.2. The highest BCUT2D eigenvalue weighted by Gasteiger charge is 2.31. The molecule has 0 unspecified atom stereocenters. The smallest absolute Gasteiger partial charge is 0.311 e. The maximum Gasteiger partial charge on any atom is 0.311 e. The zero-order valence-electron chi connectivity index (χ0n) is 19.1. The summed E-state index contributed by atoms with van der Waals surface area (Å²) in [5.74, 6) is 0.272. The molecule has 181 valence electrons. The van der Waals surface area contributed by atoms with Gasteiger partial charge in [-0.05, 0) is 54.7 Å². The van der Waals surface area contributed by atoms with Crippen LogP contribution in [0.15, 0.2) is 83.9 Å². The molecule has 4 rings (SSSR count). The number of ether oxygens (including phenoxy) is 1. The Morgan fingerprint density at radius 1 is 1.06 bits per heavy atom. The Bertz CT molecular complexity index is 1210. The van der Waals surface area contributed by atoms with E-state index in [1.165, 1.54) is 24.3 Å². The molecule has 1 aliphatic carbocycles. The Balaban J connectivity index is 1.48. The van der Waals surface area contributed by atoms with Crippen molar-refractivity contribution in [2.75, 3.05) is 0 Å². The number of amides is 1. The number of nitrogens with zero attached hydrogens (tertiary/aromatic N) is 1. The first kappa shape index (κ1) is 24.9. The predicted molar refractivity (Wildman–Crippen MR) is 132 cm³/mol. The highest BCUT2D eigenvalue weighted by molar-refractivity contribution is 7.89. The van der Waals surface area contributed by atoms with Gasteiger partial charge < -0.3 is 15.1 Å². The number of aromatic nitrogens is 1. The molecule has 0 bridgehead atoms. The lowest BCUT2D eigenvalue weighted by atomic mass is 9.84. The average molecular weight is 492 g/mol. The summed E-state index contributed by atoms with van der Waals surface area (Å²) in [6.45, 7) is 0. The Hall–Kier alpha value is -3.21. The maximum absolute atomic E-state index is 13.1. The summed E-state index contributed by atoms with van der Waals surface area (Å²) < 4.78 is 34.5. The van der Waals surface area contributed by atoms with Gasteiger partial charge in [-0.2, -0.15) is 4.72 Å². The first-order valence-electron chi connectivity index (χ1n) is 11.5. The van der Waals surface area contributed by atoms with Gasteiger partial charge in [-0.15, -0.1) is 0 Å². The number of carbonyl (C=O) groups excluding carboxylic acids is 1. The molecule has 0 aliphatic heterocycles. The van der Waals surface area contributed by atoms with Crippen molar-refractivity contribution in [2.24, 2.45) is 5.92 Å². The van der Waals surface area contributed by atoms with Gasteiger partial charge in [0.2, 0.25) is 21.8 Å². The molecule has 2 aromatic carbocycles. The van der Waals surface area contributed by atoms with Crippen LogP contribution in [0.1, 0.15) is 24.8 Å². The van der Waals surface area contributed by atoms with Crippen molar-refractivity contribution in [1.82, 2.24) is 15.0 Å². The fourth-order valence-corrected chi connectivity index (χ4v) is 4.86. The standard InChI is InChI=1S/C25H27BN3O5S/c30-25(28-23(26-31)17-19-9-10-19)22(16-18-6-2-1-3-7-18)29-35(32,33)21-13-11-20(12-14-21)34-24-8-4-5-15-27-24/h1-8,11-15,19,22-23,29,31H,9-10,16-17H2,(H,28,30)/t22-,23-/m0/s1. The number of carbonyl (C=O) groups is 1. The Morgan fingerprint density at radius 3 is 2.40 bits per heavy atom. The van der Waals surface area contributed by atoms with Crippen molar-refractivity contribution >= 4 is 23.4 Å². The largest absolute Gasteiger partial charge is 0.452 e. The second-order valence-electron chi connectivity index (χ2n) is 8.55. The highest BCUT2D eigenvalue weighted by Crippen LogP contribution is 2.33. The third-order valence-corrected chi connectivity index (χ3v) is 7.17. The van der Waals surface area contributed by atoms with Gasteiger partial charge in [0, 0.05) is 18.2 Å². The van der Waals surface area contributed by atoms with Crippen molar-refractivity contribution in [2.45, 2.75) is 42.6 Å². The molecule has 35 heavy (non-hydrogen) atoms. The number of rotatable bonds is 12. The van der Waals surface area contributed by atoms with E-state index in [0.717, 1.165) is 25.9 Å². The number of benzene rings is 2. The zero-order chi connectivity index (χ0) is 24.7. The van der Waals surface area contributed by atoms with E-state index < -0.39 is 27.9 Å². The van der Waals surface area contributed by atoms with Gasteiger partial charge in [-0.3, -0.25) is 4.79 Å². The van der Waals surface area contributed by atoms with E-state index in [-0.39, 0.29) is 11.3 Å². The third kappa shape index (κ3) is 7.39. The molecule has 1 aromatic heterocycles. The topological polar surface area (TPSA) is 118 Å². The Labute approximate surface area is 206 Å². The maximum atomic E-state index is 13.1. The molecule has 3 N–H and O–H groups in total. The summed E-state index contributed by atoms with van der Waals surface area (Å²) in [4.78, 5) is 17.2. The van der Waals surface area contributed by atoms with Crippen LogP contribution in [-0.2, 0) is 21.2 Å². The Morgan fingerprint density at radius 2 is 1.77 bits per heavy atom. The molecular weight excluding hydrogens is 465 g/mol.